The van der Waals surface area contributed by atoms with Crippen molar-refractivity contribution >= 4 is 6.09 Å². The van der Waals surface area contributed by atoms with Crippen LogP contribution >= 0.6 is 0 Å². The fourth-order valence-corrected chi connectivity index (χ4v) is 3.04. The van der Waals surface area contributed by atoms with E-state index in [0.717, 1.165) is 45.7 Å². The first kappa shape index (κ1) is 17.5. The Morgan fingerprint density at radius 1 is 1.18 bits per heavy atom. The van der Waals surface area contributed by atoms with Gasteiger partial charge in [0.15, 0.2) is 0 Å². The lowest BCUT2D eigenvalue weighted by Crippen LogP contribution is -2.55. The van der Waals surface area contributed by atoms with E-state index >= 15 is 0 Å². The van der Waals surface area contributed by atoms with Crippen molar-refractivity contribution in [1.29, 1.82) is 0 Å². The number of amides is 1. The van der Waals surface area contributed by atoms with E-state index in [0.29, 0.717) is 12.1 Å². The second-order valence-electron chi connectivity index (χ2n) is 7.72. The molecule has 2 saturated heterocycles. The second-order valence-corrected chi connectivity index (χ2v) is 7.72. The van der Waals surface area contributed by atoms with Crippen LogP contribution in [-0.2, 0) is 4.74 Å². The Kier molecular flexibility index (Phi) is 5.69. The Morgan fingerprint density at radius 2 is 1.91 bits per heavy atom. The number of likely N-dealkylation sites (N-methyl/N-ethyl adjacent to an activating group) is 2. The molecule has 0 radical (unpaired) electrons. The van der Waals surface area contributed by atoms with Crippen LogP contribution in [0.15, 0.2) is 0 Å². The minimum absolute atomic E-state index is 0.189. The van der Waals surface area contributed by atoms with Gasteiger partial charge in [0.1, 0.15) is 5.60 Å². The molecule has 0 aliphatic carbocycles. The summed E-state index contributed by atoms with van der Waals surface area (Å²) in [6, 6.07) is 0.933. The average Bonchev–Trinajstić information content (AvgIpc) is 2.87. The second kappa shape index (κ2) is 7.15. The van der Waals surface area contributed by atoms with Gasteiger partial charge in [0.25, 0.3) is 0 Å². The van der Waals surface area contributed by atoms with Crippen LogP contribution in [-0.4, -0.2) is 91.8 Å². The number of carbonyl (C=O) groups excluding carboxylic acids is 1. The summed E-state index contributed by atoms with van der Waals surface area (Å²) in [7, 11) is 4.38. The van der Waals surface area contributed by atoms with Crippen molar-refractivity contribution in [3.63, 3.8) is 0 Å². The molecule has 6 nitrogen and oxygen atoms in total. The molecule has 1 amide bonds. The van der Waals surface area contributed by atoms with E-state index in [1.807, 2.05) is 25.7 Å². The van der Waals surface area contributed by atoms with Gasteiger partial charge >= 0.3 is 6.09 Å². The molecule has 2 unspecified atom stereocenters. The third-order valence-corrected chi connectivity index (χ3v) is 4.46. The molecule has 2 heterocycles. The molecular weight excluding hydrogens is 280 g/mol. The Labute approximate surface area is 134 Å². The Balaban J connectivity index is 1.73. The van der Waals surface area contributed by atoms with Crippen LogP contribution in [0.25, 0.3) is 0 Å². The summed E-state index contributed by atoms with van der Waals surface area (Å²) in [5.41, 5.74) is -0.419. The summed E-state index contributed by atoms with van der Waals surface area (Å²) < 4.78 is 5.44. The van der Waals surface area contributed by atoms with Gasteiger partial charge in [-0.3, -0.25) is 4.90 Å². The summed E-state index contributed by atoms with van der Waals surface area (Å²) >= 11 is 0. The van der Waals surface area contributed by atoms with E-state index in [2.05, 4.69) is 29.2 Å². The van der Waals surface area contributed by atoms with E-state index in [4.69, 9.17) is 4.74 Å². The summed E-state index contributed by atoms with van der Waals surface area (Å²) in [5, 5.41) is 3.63. The maximum atomic E-state index is 12.1. The molecule has 2 rings (SSSR count). The Morgan fingerprint density at radius 3 is 2.59 bits per heavy atom. The molecule has 6 heteroatoms. The standard InChI is InChI=1S/C16H32N4O2/c1-16(2,3)22-15(21)20-7-6-13(11-20)17-10-14-12-18(4)8-9-19(14)5/h13-14,17H,6-12H2,1-5H3. The van der Waals surface area contributed by atoms with E-state index in [9.17, 15) is 4.79 Å². The molecule has 2 aliphatic heterocycles. The Bertz CT molecular complexity index is 383. The number of nitrogens with one attached hydrogen (secondary N) is 1. The predicted molar refractivity (Wildman–Crippen MR) is 88.1 cm³/mol. The first-order valence-electron chi connectivity index (χ1n) is 8.34. The van der Waals surface area contributed by atoms with Crippen LogP contribution in [0, 0.1) is 0 Å². The number of nitrogens with zero attached hydrogens (tertiary/aromatic N) is 3. The van der Waals surface area contributed by atoms with Gasteiger partial charge in [0, 0.05) is 51.4 Å². The Hall–Kier alpha value is -0.850. The maximum absolute atomic E-state index is 12.1. The molecule has 0 aromatic heterocycles. The smallest absolute Gasteiger partial charge is 0.410 e. The number of hydrogen-bond acceptors (Lipinski definition) is 5. The van der Waals surface area contributed by atoms with Crippen LogP contribution in [0.3, 0.4) is 0 Å². The third kappa shape index (κ3) is 5.11. The number of carbonyl (C=O) groups is 1. The summed E-state index contributed by atoms with van der Waals surface area (Å²) in [4.78, 5) is 18.7. The molecule has 0 aromatic rings. The molecule has 2 atom stereocenters. The van der Waals surface area contributed by atoms with Gasteiger partial charge in [-0.1, -0.05) is 0 Å². The lowest BCUT2D eigenvalue weighted by Gasteiger charge is -2.38. The molecule has 0 spiro atoms. The van der Waals surface area contributed by atoms with Gasteiger partial charge in [-0.2, -0.15) is 0 Å². The number of rotatable bonds is 3. The van der Waals surface area contributed by atoms with Gasteiger partial charge in [-0.15, -0.1) is 0 Å². The SMILES string of the molecule is CN1CCN(C)C(CNC2CCN(C(=O)OC(C)(C)C)C2)C1. The predicted octanol–water partition coefficient (Wildman–Crippen LogP) is 0.831. The number of piperazine rings is 1. The fraction of sp³-hybridized carbons (Fsp3) is 0.938. The van der Waals surface area contributed by atoms with Crippen LogP contribution in [0.2, 0.25) is 0 Å². The first-order valence-corrected chi connectivity index (χ1v) is 8.34. The molecule has 0 saturated carbocycles. The lowest BCUT2D eigenvalue weighted by atomic mass is 10.1. The third-order valence-electron chi connectivity index (χ3n) is 4.46. The molecular formula is C16H32N4O2. The van der Waals surface area contributed by atoms with Crippen LogP contribution in [0.4, 0.5) is 4.79 Å². The molecule has 2 fully saturated rings. The summed E-state index contributed by atoms with van der Waals surface area (Å²) in [6.07, 6.45) is 0.817. The number of likely N-dealkylation sites (tertiary alicyclic amines) is 1. The minimum atomic E-state index is -0.419. The molecule has 0 bridgehead atoms. The summed E-state index contributed by atoms with van der Waals surface area (Å²) in [6.45, 7) is 11.6. The van der Waals surface area contributed by atoms with E-state index in [1.165, 1.54) is 0 Å². The zero-order chi connectivity index (χ0) is 16.3. The highest BCUT2D eigenvalue weighted by molar-refractivity contribution is 5.68. The highest BCUT2D eigenvalue weighted by atomic mass is 16.6. The highest BCUT2D eigenvalue weighted by Crippen LogP contribution is 2.15. The van der Waals surface area contributed by atoms with Crippen molar-refractivity contribution in [2.24, 2.45) is 0 Å². The molecule has 22 heavy (non-hydrogen) atoms. The van der Waals surface area contributed by atoms with Crippen LogP contribution in [0.1, 0.15) is 27.2 Å². The monoisotopic (exact) mass is 312 g/mol. The first-order chi connectivity index (χ1) is 10.2. The van der Waals surface area contributed by atoms with Crippen molar-refractivity contribution in [3.05, 3.63) is 0 Å². The van der Waals surface area contributed by atoms with E-state index < -0.39 is 5.60 Å². The average molecular weight is 312 g/mol. The van der Waals surface area contributed by atoms with Gasteiger partial charge in [0.05, 0.1) is 0 Å². The largest absolute Gasteiger partial charge is 0.444 e. The molecule has 2 aliphatic rings. The molecule has 0 aromatic carbocycles. The lowest BCUT2D eigenvalue weighted by molar-refractivity contribution is 0.0290. The quantitative estimate of drug-likeness (QED) is 0.836. The maximum Gasteiger partial charge on any atom is 0.410 e. The van der Waals surface area contributed by atoms with Crippen LogP contribution < -0.4 is 5.32 Å². The van der Waals surface area contributed by atoms with Gasteiger partial charge < -0.3 is 19.9 Å². The van der Waals surface area contributed by atoms with Gasteiger partial charge in [0.2, 0.25) is 0 Å². The van der Waals surface area contributed by atoms with E-state index in [1.54, 1.807) is 0 Å². The van der Waals surface area contributed by atoms with Crippen molar-refractivity contribution in [2.45, 2.75) is 44.9 Å². The van der Waals surface area contributed by atoms with Crippen molar-refractivity contribution < 1.29 is 9.53 Å². The van der Waals surface area contributed by atoms with Gasteiger partial charge in [-0.25, -0.2) is 4.79 Å². The zero-order valence-corrected chi connectivity index (χ0v) is 14.8. The fourth-order valence-electron chi connectivity index (χ4n) is 3.04. The molecule has 128 valence electrons. The summed E-state index contributed by atoms with van der Waals surface area (Å²) in [5.74, 6) is 0. The normalized spacial score (nSPS) is 28.1. The van der Waals surface area contributed by atoms with E-state index in [-0.39, 0.29) is 6.09 Å². The van der Waals surface area contributed by atoms with Crippen molar-refractivity contribution in [3.8, 4) is 0 Å². The zero-order valence-electron chi connectivity index (χ0n) is 14.8. The van der Waals surface area contributed by atoms with Crippen LogP contribution in [0.5, 0.6) is 0 Å². The number of hydrogen-bond donors (Lipinski definition) is 1. The highest BCUT2D eigenvalue weighted by Gasteiger charge is 2.30. The van der Waals surface area contributed by atoms with Crippen molar-refractivity contribution in [2.75, 3.05) is 53.4 Å². The van der Waals surface area contributed by atoms with Crippen molar-refractivity contribution in [1.82, 2.24) is 20.0 Å². The minimum Gasteiger partial charge on any atom is -0.444 e. The number of ether oxygens (including phenoxy) is 1. The molecule has 1 N–H and O–H groups in total. The van der Waals surface area contributed by atoms with Gasteiger partial charge in [-0.05, 0) is 41.3 Å². The topological polar surface area (TPSA) is 48.0 Å².